The Bertz CT molecular complexity index is 314. The monoisotopic (exact) mass is 293 g/mol. The minimum Gasteiger partial charge on any atom is -0.478 e. The van der Waals surface area contributed by atoms with E-state index in [1.54, 1.807) is 6.07 Å². The molecule has 0 spiro atoms. The molecule has 0 amide bonds. The molecule has 12 heavy (non-hydrogen) atoms. The Kier molecular flexibility index (Phi) is 3.22. The highest BCUT2D eigenvalue weighted by Crippen LogP contribution is 2.15. The average molecular weight is 295 g/mol. The molecule has 1 N–H and O–H groups in total. The Hall–Kier alpha value is -0.420. The van der Waals surface area contributed by atoms with E-state index in [2.05, 4.69) is 36.8 Å². The first-order chi connectivity index (χ1) is 5.65. The quantitative estimate of drug-likeness (QED) is 0.673. The van der Waals surface area contributed by atoms with E-state index in [1.165, 1.54) is 6.07 Å². The average Bonchev–Trinajstić information content (AvgIpc) is 2.03. The zero-order valence-corrected chi connectivity index (χ0v) is 9.09. The Morgan fingerprint density at radius 2 is 2.25 bits per heavy atom. The molecule has 0 aliphatic carbocycles. The van der Waals surface area contributed by atoms with E-state index in [9.17, 15) is 4.79 Å². The van der Waals surface area contributed by atoms with Crippen molar-refractivity contribution in [3.63, 3.8) is 0 Å². The van der Waals surface area contributed by atoms with Crippen LogP contribution in [0.4, 0.5) is 0 Å². The summed E-state index contributed by atoms with van der Waals surface area (Å²) in [4.78, 5) is 14.5. The molecule has 0 aliphatic rings. The van der Waals surface area contributed by atoms with Gasteiger partial charge in [-0.1, -0.05) is 15.9 Å². The summed E-state index contributed by atoms with van der Waals surface area (Å²) in [6.45, 7) is 0. The maximum atomic E-state index is 10.5. The number of aromatic nitrogens is 1. The van der Waals surface area contributed by atoms with Crippen molar-refractivity contribution in [1.29, 1.82) is 0 Å². The Morgan fingerprint density at radius 1 is 1.58 bits per heavy atom. The molecule has 5 heteroatoms. The number of carboxylic acids is 1. The van der Waals surface area contributed by atoms with Gasteiger partial charge in [0.1, 0.15) is 4.60 Å². The van der Waals surface area contributed by atoms with Crippen LogP contribution < -0.4 is 0 Å². The van der Waals surface area contributed by atoms with Crippen molar-refractivity contribution in [3.8, 4) is 0 Å². The van der Waals surface area contributed by atoms with E-state index in [0.29, 0.717) is 9.93 Å². The fourth-order valence-electron chi connectivity index (χ4n) is 0.706. The van der Waals surface area contributed by atoms with Gasteiger partial charge in [0.2, 0.25) is 0 Å². The predicted octanol–water partition coefficient (Wildman–Crippen LogP) is 2.44. The minimum absolute atomic E-state index is 0.180. The summed E-state index contributed by atoms with van der Waals surface area (Å²) in [5.41, 5.74) is 0.978. The van der Waals surface area contributed by atoms with Crippen LogP contribution in [0.3, 0.4) is 0 Å². The zero-order chi connectivity index (χ0) is 9.14. The van der Waals surface area contributed by atoms with Crippen molar-refractivity contribution < 1.29 is 9.90 Å². The number of nitrogens with zero attached hydrogens (tertiary/aromatic N) is 1. The lowest BCUT2D eigenvalue weighted by Gasteiger charge is -1.99. The maximum absolute atomic E-state index is 10.5. The van der Waals surface area contributed by atoms with Crippen LogP contribution in [-0.4, -0.2) is 16.1 Å². The van der Waals surface area contributed by atoms with Crippen molar-refractivity contribution in [3.05, 3.63) is 28.0 Å². The number of halogens is 2. The second-order valence-electron chi connectivity index (χ2n) is 2.08. The van der Waals surface area contributed by atoms with E-state index in [-0.39, 0.29) is 5.56 Å². The number of carboxylic acid groups (broad SMARTS) is 1. The maximum Gasteiger partial charge on any atom is 0.338 e. The Morgan fingerprint density at radius 3 is 2.67 bits per heavy atom. The van der Waals surface area contributed by atoms with Gasteiger partial charge in [0.25, 0.3) is 0 Å². The molecule has 1 aromatic rings. The van der Waals surface area contributed by atoms with Crippen molar-refractivity contribution in [2.45, 2.75) is 5.33 Å². The van der Waals surface area contributed by atoms with E-state index in [1.807, 2.05) is 0 Å². The molecule has 0 unspecified atom stereocenters. The van der Waals surface area contributed by atoms with Gasteiger partial charge in [-0.05, 0) is 28.1 Å². The molecule has 0 radical (unpaired) electrons. The summed E-state index contributed by atoms with van der Waals surface area (Å²) in [5, 5.41) is 9.26. The van der Waals surface area contributed by atoms with Gasteiger partial charge in [-0.3, -0.25) is 0 Å². The first kappa shape index (κ1) is 9.67. The summed E-state index contributed by atoms with van der Waals surface area (Å²) in [6.07, 6.45) is 0. The molecule has 0 aliphatic heterocycles. The third kappa shape index (κ3) is 2.04. The number of hydrogen-bond acceptors (Lipinski definition) is 2. The molecule has 0 saturated heterocycles. The lowest BCUT2D eigenvalue weighted by molar-refractivity contribution is 0.0695. The number of hydrogen-bond donors (Lipinski definition) is 1. The number of carbonyl (C=O) groups is 1. The molecule has 1 aromatic heterocycles. The fraction of sp³-hybridized carbons (Fsp3) is 0.143. The van der Waals surface area contributed by atoms with Gasteiger partial charge < -0.3 is 5.11 Å². The number of rotatable bonds is 2. The molecule has 0 saturated carbocycles. The summed E-state index contributed by atoms with van der Waals surface area (Å²) < 4.78 is 0.368. The summed E-state index contributed by atoms with van der Waals surface area (Å²) >= 11 is 6.30. The summed E-state index contributed by atoms with van der Waals surface area (Å²) in [6, 6.07) is 3.19. The molecular weight excluding hydrogens is 290 g/mol. The summed E-state index contributed by atoms with van der Waals surface area (Å²) in [5.74, 6) is -0.976. The van der Waals surface area contributed by atoms with E-state index < -0.39 is 5.97 Å². The van der Waals surface area contributed by atoms with Crippen LogP contribution in [0.2, 0.25) is 0 Å². The van der Waals surface area contributed by atoms with Crippen LogP contribution in [0.1, 0.15) is 16.1 Å². The molecule has 1 heterocycles. The highest BCUT2D eigenvalue weighted by atomic mass is 79.9. The number of alkyl halides is 1. The smallest absolute Gasteiger partial charge is 0.338 e. The van der Waals surface area contributed by atoms with Gasteiger partial charge in [0, 0.05) is 5.33 Å². The van der Waals surface area contributed by atoms with Crippen molar-refractivity contribution in [2.75, 3.05) is 0 Å². The van der Waals surface area contributed by atoms with Crippen molar-refractivity contribution in [1.82, 2.24) is 4.98 Å². The van der Waals surface area contributed by atoms with Crippen LogP contribution in [0, 0.1) is 0 Å². The van der Waals surface area contributed by atoms with E-state index >= 15 is 0 Å². The standard InChI is InChI=1S/C7H5Br2NO2/c8-3-4-1-2-5(7(11)12)6(9)10-4/h1-2H,3H2,(H,11,12). The normalized spacial score (nSPS) is 9.83. The molecule has 0 bridgehead atoms. The molecule has 3 nitrogen and oxygen atoms in total. The molecule has 1 rings (SSSR count). The van der Waals surface area contributed by atoms with Gasteiger partial charge in [0.15, 0.2) is 0 Å². The van der Waals surface area contributed by atoms with Gasteiger partial charge >= 0.3 is 5.97 Å². The zero-order valence-electron chi connectivity index (χ0n) is 5.92. The fourth-order valence-corrected chi connectivity index (χ4v) is 1.55. The number of aromatic carboxylic acids is 1. The lowest BCUT2D eigenvalue weighted by Crippen LogP contribution is -2.00. The van der Waals surface area contributed by atoms with Gasteiger partial charge in [-0.15, -0.1) is 0 Å². The highest BCUT2D eigenvalue weighted by Gasteiger charge is 2.08. The first-order valence-corrected chi connectivity index (χ1v) is 5.01. The van der Waals surface area contributed by atoms with Crippen LogP contribution in [0.5, 0.6) is 0 Å². The van der Waals surface area contributed by atoms with Crippen molar-refractivity contribution >= 4 is 37.8 Å². The first-order valence-electron chi connectivity index (χ1n) is 3.10. The third-order valence-electron chi connectivity index (χ3n) is 1.27. The van der Waals surface area contributed by atoms with Crippen LogP contribution in [0.15, 0.2) is 16.7 Å². The number of pyridine rings is 1. The van der Waals surface area contributed by atoms with E-state index in [0.717, 1.165) is 5.69 Å². The Balaban J connectivity index is 3.12. The van der Waals surface area contributed by atoms with Gasteiger partial charge in [0.05, 0.1) is 11.3 Å². The lowest BCUT2D eigenvalue weighted by atomic mass is 10.2. The second-order valence-corrected chi connectivity index (χ2v) is 3.39. The largest absolute Gasteiger partial charge is 0.478 e. The SMILES string of the molecule is O=C(O)c1ccc(CBr)nc1Br. The molecular formula is C7H5Br2NO2. The van der Waals surface area contributed by atoms with Crippen LogP contribution >= 0.6 is 31.9 Å². The predicted molar refractivity (Wildman–Crippen MR) is 51.5 cm³/mol. The van der Waals surface area contributed by atoms with Crippen molar-refractivity contribution in [2.24, 2.45) is 0 Å². The van der Waals surface area contributed by atoms with Crippen LogP contribution in [-0.2, 0) is 5.33 Å². The molecule has 0 fully saturated rings. The molecule has 64 valence electrons. The van der Waals surface area contributed by atoms with Gasteiger partial charge in [-0.25, -0.2) is 9.78 Å². The molecule has 0 aromatic carbocycles. The topological polar surface area (TPSA) is 50.2 Å². The Labute approximate surface area is 86.1 Å². The minimum atomic E-state index is -0.976. The summed E-state index contributed by atoms with van der Waals surface area (Å²) in [7, 11) is 0. The van der Waals surface area contributed by atoms with Crippen LogP contribution in [0.25, 0.3) is 0 Å². The van der Waals surface area contributed by atoms with E-state index in [4.69, 9.17) is 5.11 Å². The molecule has 0 atom stereocenters. The second kappa shape index (κ2) is 4.00. The highest BCUT2D eigenvalue weighted by molar-refractivity contribution is 9.10. The van der Waals surface area contributed by atoms with Gasteiger partial charge in [-0.2, -0.15) is 0 Å². The third-order valence-corrected chi connectivity index (χ3v) is 2.45.